The smallest absolute Gasteiger partial charge is 0.246 e. The second-order valence-electron chi connectivity index (χ2n) is 4.96. The van der Waals surface area contributed by atoms with Gasteiger partial charge in [-0.2, -0.15) is 4.31 Å². The summed E-state index contributed by atoms with van der Waals surface area (Å²) in [5, 5.41) is 9.20. The summed E-state index contributed by atoms with van der Waals surface area (Å²) >= 11 is 0. The Labute approximate surface area is 120 Å². The van der Waals surface area contributed by atoms with Gasteiger partial charge in [-0.3, -0.25) is 0 Å². The lowest BCUT2D eigenvalue weighted by molar-refractivity contribution is 0.281. The molecule has 1 heterocycles. The van der Waals surface area contributed by atoms with Gasteiger partial charge < -0.3 is 9.84 Å². The fourth-order valence-corrected chi connectivity index (χ4v) is 4.17. The second kappa shape index (κ2) is 6.56. The van der Waals surface area contributed by atoms with E-state index in [0.717, 1.165) is 25.7 Å². The molecule has 2 rings (SSSR count). The maximum Gasteiger partial charge on any atom is 0.246 e. The van der Waals surface area contributed by atoms with Crippen molar-refractivity contribution in [3.05, 3.63) is 23.8 Å². The molecule has 0 aliphatic carbocycles. The first kappa shape index (κ1) is 15.3. The van der Waals surface area contributed by atoms with Gasteiger partial charge in [-0.05, 0) is 30.5 Å². The third-order valence-corrected chi connectivity index (χ3v) is 5.51. The van der Waals surface area contributed by atoms with E-state index in [2.05, 4.69) is 0 Å². The third-order valence-electron chi connectivity index (χ3n) is 3.59. The third kappa shape index (κ3) is 3.13. The monoisotopic (exact) mass is 299 g/mol. The van der Waals surface area contributed by atoms with Crippen LogP contribution in [0.3, 0.4) is 0 Å². The van der Waals surface area contributed by atoms with Crippen LogP contribution < -0.4 is 4.74 Å². The Kier molecular flexibility index (Phi) is 5.01. The highest BCUT2D eigenvalue weighted by Crippen LogP contribution is 2.29. The molecule has 20 heavy (non-hydrogen) atoms. The Morgan fingerprint density at radius 1 is 1.20 bits per heavy atom. The summed E-state index contributed by atoms with van der Waals surface area (Å²) in [5.74, 6) is 0.325. The lowest BCUT2D eigenvalue weighted by Gasteiger charge is -2.21. The van der Waals surface area contributed by atoms with Gasteiger partial charge in [0.1, 0.15) is 10.6 Å². The van der Waals surface area contributed by atoms with Crippen LogP contribution in [0.4, 0.5) is 0 Å². The maximum atomic E-state index is 12.8. The van der Waals surface area contributed by atoms with Crippen molar-refractivity contribution < 1.29 is 18.3 Å². The number of hydrogen-bond donors (Lipinski definition) is 1. The van der Waals surface area contributed by atoms with Gasteiger partial charge in [0.2, 0.25) is 10.0 Å². The molecule has 0 spiro atoms. The van der Waals surface area contributed by atoms with E-state index in [1.165, 1.54) is 17.5 Å². The predicted molar refractivity (Wildman–Crippen MR) is 76.1 cm³/mol. The van der Waals surface area contributed by atoms with E-state index in [1.54, 1.807) is 12.1 Å². The van der Waals surface area contributed by atoms with Crippen LogP contribution in [0.25, 0.3) is 0 Å². The molecule has 0 unspecified atom stereocenters. The lowest BCUT2D eigenvalue weighted by atomic mass is 10.2. The Balaban J connectivity index is 2.41. The molecule has 0 atom stereocenters. The minimum Gasteiger partial charge on any atom is -0.495 e. The van der Waals surface area contributed by atoms with Gasteiger partial charge in [-0.1, -0.05) is 18.9 Å². The van der Waals surface area contributed by atoms with E-state index >= 15 is 0 Å². The number of aliphatic hydroxyl groups excluding tert-OH is 1. The fourth-order valence-electron chi connectivity index (χ4n) is 2.44. The average Bonchev–Trinajstić information content (AvgIpc) is 2.76. The molecular weight excluding hydrogens is 278 g/mol. The van der Waals surface area contributed by atoms with Crippen LogP contribution in [0.15, 0.2) is 23.1 Å². The van der Waals surface area contributed by atoms with Crippen molar-refractivity contribution in [2.75, 3.05) is 20.2 Å². The molecule has 0 aromatic heterocycles. The van der Waals surface area contributed by atoms with Crippen molar-refractivity contribution in [3.63, 3.8) is 0 Å². The first-order valence-corrected chi connectivity index (χ1v) is 8.31. The first-order valence-electron chi connectivity index (χ1n) is 6.87. The lowest BCUT2D eigenvalue weighted by Crippen LogP contribution is -2.32. The number of methoxy groups -OCH3 is 1. The standard InChI is InChI=1S/C14H21NO4S/c1-19-13-7-6-12(11-16)10-14(13)20(17,18)15-8-4-2-3-5-9-15/h6-7,10,16H,2-5,8-9,11H2,1H3. The predicted octanol–water partition coefficient (Wildman–Crippen LogP) is 1.75. The minimum atomic E-state index is -3.56. The van der Waals surface area contributed by atoms with Crippen LogP contribution in [0, 0.1) is 0 Å². The van der Waals surface area contributed by atoms with Crippen molar-refractivity contribution in [2.24, 2.45) is 0 Å². The van der Waals surface area contributed by atoms with Crippen molar-refractivity contribution in [3.8, 4) is 5.75 Å². The number of hydrogen-bond acceptors (Lipinski definition) is 4. The zero-order chi connectivity index (χ0) is 14.6. The SMILES string of the molecule is COc1ccc(CO)cc1S(=O)(=O)N1CCCCCC1. The molecule has 5 nitrogen and oxygen atoms in total. The molecule has 0 saturated carbocycles. The second-order valence-corrected chi connectivity index (χ2v) is 6.87. The van der Waals surface area contributed by atoms with Gasteiger partial charge in [-0.15, -0.1) is 0 Å². The first-order chi connectivity index (χ1) is 9.59. The molecule has 1 fully saturated rings. The molecule has 6 heteroatoms. The summed E-state index contributed by atoms with van der Waals surface area (Å²) < 4.78 is 32.2. The highest BCUT2D eigenvalue weighted by Gasteiger charge is 2.28. The van der Waals surface area contributed by atoms with Crippen LogP contribution in [-0.2, 0) is 16.6 Å². The molecular formula is C14H21NO4S. The fraction of sp³-hybridized carbons (Fsp3) is 0.571. The Bertz CT molecular complexity index is 548. The molecule has 1 aliphatic heterocycles. The van der Waals surface area contributed by atoms with Crippen molar-refractivity contribution in [1.29, 1.82) is 0 Å². The van der Waals surface area contributed by atoms with Gasteiger partial charge in [0.15, 0.2) is 0 Å². The van der Waals surface area contributed by atoms with Gasteiger partial charge in [0.05, 0.1) is 13.7 Å². The van der Waals surface area contributed by atoms with Gasteiger partial charge in [-0.25, -0.2) is 8.42 Å². The van der Waals surface area contributed by atoms with Gasteiger partial charge in [0.25, 0.3) is 0 Å². The minimum absolute atomic E-state index is 0.147. The highest BCUT2D eigenvalue weighted by molar-refractivity contribution is 7.89. The summed E-state index contributed by atoms with van der Waals surface area (Å²) in [4.78, 5) is 0.147. The Hall–Kier alpha value is -1.11. The van der Waals surface area contributed by atoms with Crippen molar-refractivity contribution in [1.82, 2.24) is 4.31 Å². The quantitative estimate of drug-likeness (QED) is 0.920. The summed E-state index contributed by atoms with van der Waals surface area (Å²) in [7, 11) is -2.11. The molecule has 1 aromatic carbocycles. The summed E-state index contributed by atoms with van der Waals surface area (Å²) in [6.07, 6.45) is 3.92. The molecule has 0 bridgehead atoms. The van der Waals surface area contributed by atoms with E-state index in [1.807, 2.05) is 0 Å². The van der Waals surface area contributed by atoms with E-state index in [9.17, 15) is 13.5 Å². The van der Waals surface area contributed by atoms with Crippen LogP contribution in [0.1, 0.15) is 31.2 Å². The molecule has 1 aliphatic rings. The van der Waals surface area contributed by atoms with Gasteiger partial charge in [0, 0.05) is 13.1 Å². The topological polar surface area (TPSA) is 66.8 Å². The number of nitrogens with zero attached hydrogens (tertiary/aromatic N) is 1. The Morgan fingerprint density at radius 3 is 2.40 bits per heavy atom. The number of aliphatic hydroxyl groups is 1. The zero-order valence-corrected chi connectivity index (χ0v) is 12.5. The van der Waals surface area contributed by atoms with E-state index in [0.29, 0.717) is 24.4 Å². The maximum absolute atomic E-state index is 12.8. The van der Waals surface area contributed by atoms with E-state index < -0.39 is 10.0 Å². The van der Waals surface area contributed by atoms with Crippen LogP contribution >= 0.6 is 0 Å². The molecule has 1 aromatic rings. The zero-order valence-electron chi connectivity index (χ0n) is 11.7. The van der Waals surface area contributed by atoms with Crippen molar-refractivity contribution in [2.45, 2.75) is 37.2 Å². The number of sulfonamides is 1. The van der Waals surface area contributed by atoms with Crippen molar-refractivity contribution >= 4 is 10.0 Å². The van der Waals surface area contributed by atoms with E-state index in [-0.39, 0.29) is 11.5 Å². The molecule has 112 valence electrons. The molecule has 1 saturated heterocycles. The van der Waals surface area contributed by atoms with Crippen LogP contribution in [0.5, 0.6) is 5.75 Å². The van der Waals surface area contributed by atoms with Gasteiger partial charge >= 0.3 is 0 Å². The summed E-state index contributed by atoms with van der Waals surface area (Å²) in [5.41, 5.74) is 0.569. The average molecular weight is 299 g/mol. The van der Waals surface area contributed by atoms with E-state index in [4.69, 9.17) is 4.74 Å². The number of benzene rings is 1. The van der Waals surface area contributed by atoms with Crippen LogP contribution in [-0.4, -0.2) is 38.0 Å². The highest BCUT2D eigenvalue weighted by atomic mass is 32.2. The number of ether oxygens (including phenoxy) is 1. The molecule has 1 N–H and O–H groups in total. The normalized spacial score (nSPS) is 17.7. The largest absolute Gasteiger partial charge is 0.495 e. The summed E-state index contributed by atoms with van der Waals surface area (Å²) in [6.45, 7) is 0.913. The number of rotatable bonds is 4. The molecule has 0 amide bonds. The summed E-state index contributed by atoms with van der Waals surface area (Å²) in [6, 6.07) is 4.76. The molecule has 0 radical (unpaired) electrons. The van der Waals surface area contributed by atoms with Crippen LogP contribution in [0.2, 0.25) is 0 Å². The Morgan fingerprint density at radius 2 is 1.85 bits per heavy atom.